The molecule has 2 aromatic carbocycles. The SMILES string of the molecule is OC(CCc1ccncc1)COc1ccc(-c2ccc(F)cc2)cc1. The summed E-state index contributed by atoms with van der Waals surface area (Å²) >= 11 is 0. The van der Waals surface area contributed by atoms with Crippen LogP contribution < -0.4 is 4.74 Å². The van der Waals surface area contributed by atoms with Gasteiger partial charge in [-0.05, 0) is 65.9 Å². The summed E-state index contributed by atoms with van der Waals surface area (Å²) < 4.78 is 18.6. The molecule has 1 N–H and O–H groups in total. The number of pyridine rings is 1. The van der Waals surface area contributed by atoms with E-state index < -0.39 is 6.10 Å². The first-order valence-electron chi connectivity index (χ1n) is 8.26. The second-order valence-electron chi connectivity index (χ2n) is 5.89. The lowest BCUT2D eigenvalue weighted by Gasteiger charge is -2.13. The Morgan fingerprint density at radius 2 is 1.48 bits per heavy atom. The van der Waals surface area contributed by atoms with E-state index in [0.717, 1.165) is 23.1 Å². The Labute approximate surface area is 146 Å². The third-order valence-corrected chi connectivity index (χ3v) is 3.99. The molecular weight excluding hydrogens is 317 g/mol. The highest BCUT2D eigenvalue weighted by Crippen LogP contribution is 2.22. The van der Waals surface area contributed by atoms with E-state index in [-0.39, 0.29) is 12.4 Å². The second-order valence-corrected chi connectivity index (χ2v) is 5.89. The van der Waals surface area contributed by atoms with E-state index in [4.69, 9.17) is 4.74 Å². The number of aromatic nitrogens is 1. The van der Waals surface area contributed by atoms with Crippen LogP contribution in [-0.4, -0.2) is 22.8 Å². The number of benzene rings is 2. The average molecular weight is 337 g/mol. The molecule has 25 heavy (non-hydrogen) atoms. The minimum atomic E-state index is -0.523. The topological polar surface area (TPSA) is 42.4 Å². The van der Waals surface area contributed by atoms with Gasteiger partial charge in [0.15, 0.2) is 0 Å². The Bertz CT molecular complexity index is 773. The average Bonchev–Trinajstić information content (AvgIpc) is 2.67. The van der Waals surface area contributed by atoms with Gasteiger partial charge in [0.1, 0.15) is 18.2 Å². The first-order valence-corrected chi connectivity index (χ1v) is 8.26. The maximum absolute atomic E-state index is 13.0. The van der Waals surface area contributed by atoms with Crippen molar-refractivity contribution in [2.75, 3.05) is 6.61 Å². The van der Waals surface area contributed by atoms with Crippen molar-refractivity contribution in [2.45, 2.75) is 18.9 Å². The van der Waals surface area contributed by atoms with Crippen LogP contribution in [0.4, 0.5) is 4.39 Å². The molecular formula is C21H20FNO2. The molecule has 0 fully saturated rings. The van der Waals surface area contributed by atoms with Crippen LogP contribution in [0.5, 0.6) is 5.75 Å². The van der Waals surface area contributed by atoms with Crippen molar-refractivity contribution in [3.63, 3.8) is 0 Å². The highest BCUT2D eigenvalue weighted by Gasteiger charge is 2.06. The maximum Gasteiger partial charge on any atom is 0.123 e. The number of aliphatic hydroxyl groups is 1. The lowest BCUT2D eigenvalue weighted by molar-refractivity contribution is 0.100. The minimum Gasteiger partial charge on any atom is -0.491 e. The molecule has 0 aliphatic carbocycles. The van der Waals surface area contributed by atoms with Crippen LogP contribution in [0.1, 0.15) is 12.0 Å². The highest BCUT2D eigenvalue weighted by molar-refractivity contribution is 5.63. The number of ether oxygens (including phenoxy) is 1. The predicted octanol–water partition coefficient (Wildman–Crippen LogP) is 4.26. The van der Waals surface area contributed by atoms with Gasteiger partial charge in [-0.1, -0.05) is 24.3 Å². The second kappa shape index (κ2) is 8.40. The van der Waals surface area contributed by atoms with Crippen LogP contribution in [-0.2, 0) is 6.42 Å². The van der Waals surface area contributed by atoms with Crippen molar-refractivity contribution in [3.05, 3.63) is 84.4 Å². The fraction of sp³-hybridized carbons (Fsp3) is 0.190. The summed E-state index contributed by atoms with van der Waals surface area (Å²) in [5, 5.41) is 10.1. The van der Waals surface area contributed by atoms with Gasteiger partial charge in [0, 0.05) is 12.4 Å². The molecule has 1 aromatic heterocycles. The highest BCUT2D eigenvalue weighted by atomic mass is 19.1. The van der Waals surface area contributed by atoms with E-state index in [1.807, 2.05) is 36.4 Å². The van der Waals surface area contributed by atoms with Gasteiger partial charge < -0.3 is 9.84 Å². The quantitative estimate of drug-likeness (QED) is 0.700. The zero-order valence-corrected chi connectivity index (χ0v) is 13.8. The van der Waals surface area contributed by atoms with Crippen molar-refractivity contribution < 1.29 is 14.2 Å². The minimum absolute atomic E-state index is 0.246. The monoisotopic (exact) mass is 337 g/mol. The zero-order valence-electron chi connectivity index (χ0n) is 13.8. The summed E-state index contributed by atoms with van der Waals surface area (Å²) in [6.45, 7) is 0.251. The van der Waals surface area contributed by atoms with Crippen LogP contribution in [0.2, 0.25) is 0 Å². The summed E-state index contributed by atoms with van der Waals surface area (Å²) in [6, 6.07) is 17.8. The molecule has 0 saturated heterocycles. The molecule has 0 amide bonds. The first-order chi connectivity index (χ1) is 12.2. The Hall–Kier alpha value is -2.72. The number of aryl methyl sites for hydroxylation is 1. The van der Waals surface area contributed by atoms with Crippen LogP contribution in [0, 0.1) is 5.82 Å². The van der Waals surface area contributed by atoms with E-state index in [2.05, 4.69) is 4.98 Å². The van der Waals surface area contributed by atoms with Crippen molar-refractivity contribution in [3.8, 4) is 16.9 Å². The molecule has 1 heterocycles. The van der Waals surface area contributed by atoms with Crippen LogP contribution >= 0.6 is 0 Å². The van der Waals surface area contributed by atoms with Crippen LogP contribution in [0.25, 0.3) is 11.1 Å². The van der Waals surface area contributed by atoms with Gasteiger partial charge in [0.25, 0.3) is 0 Å². The number of hydrogen-bond acceptors (Lipinski definition) is 3. The molecule has 0 aliphatic rings. The Kier molecular flexibility index (Phi) is 5.75. The molecule has 4 heteroatoms. The number of hydrogen-bond donors (Lipinski definition) is 1. The molecule has 0 radical (unpaired) electrons. The summed E-state index contributed by atoms with van der Waals surface area (Å²) in [5.74, 6) is 0.457. The fourth-order valence-electron chi connectivity index (χ4n) is 2.54. The molecule has 0 saturated carbocycles. The number of aliphatic hydroxyl groups excluding tert-OH is 1. The summed E-state index contributed by atoms with van der Waals surface area (Å²) in [4.78, 5) is 3.98. The summed E-state index contributed by atoms with van der Waals surface area (Å²) in [6.07, 6.45) is 4.40. The van der Waals surface area contributed by atoms with Crippen molar-refractivity contribution in [1.29, 1.82) is 0 Å². The van der Waals surface area contributed by atoms with Gasteiger partial charge in [0.05, 0.1) is 6.10 Å². The van der Waals surface area contributed by atoms with E-state index in [1.165, 1.54) is 12.1 Å². The van der Waals surface area contributed by atoms with Gasteiger partial charge in [-0.25, -0.2) is 4.39 Å². The van der Waals surface area contributed by atoms with Crippen LogP contribution in [0.15, 0.2) is 73.1 Å². The molecule has 3 nitrogen and oxygen atoms in total. The molecule has 3 aromatic rings. The third-order valence-electron chi connectivity index (χ3n) is 3.99. The largest absolute Gasteiger partial charge is 0.491 e. The Morgan fingerprint density at radius 3 is 2.12 bits per heavy atom. The van der Waals surface area contributed by atoms with E-state index in [9.17, 15) is 9.50 Å². The summed E-state index contributed by atoms with van der Waals surface area (Å²) in [7, 11) is 0. The van der Waals surface area contributed by atoms with E-state index in [1.54, 1.807) is 24.5 Å². The van der Waals surface area contributed by atoms with Gasteiger partial charge in [-0.3, -0.25) is 4.98 Å². The normalized spacial score (nSPS) is 11.9. The molecule has 0 spiro atoms. The number of nitrogens with zero attached hydrogens (tertiary/aromatic N) is 1. The molecule has 128 valence electrons. The van der Waals surface area contributed by atoms with Gasteiger partial charge in [-0.15, -0.1) is 0 Å². The molecule has 1 atom stereocenters. The van der Waals surface area contributed by atoms with Gasteiger partial charge in [-0.2, -0.15) is 0 Å². The van der Waals surface area contributed by atoms with Crippen molar-refractivity contribution in [2.24, 2.45) is 0 Å². The Balaban J connectivity index is 1.49. The van der Waals surface area contributed by atoms with Crippen molar-refractivity contribution >= 4 is 0 Å². The summed E-state index contributed by atoms with van der Waals surface area (Å²) in [5.41, 5.74) is 3.09. The molecule has 0 bridgehead atoms. The first kappa shape index (κ1) is 17.1. The number of halogens is 1. The maximum atomic E-state index is 13.0. The standard InChI is InChI=1S/C21H20FNO2/c22-19-6-2-17(3-7-19)18-4-9-21(10-5-18)25-15-20(24)8-1-16-11-13-23-14-12-16/h2-7,9-14,20,24H,1,8,15H2. The van der Waals surface area contributed by atoms with E-state index in [0.29, 0.717) is 12.2 Å². The van der Waals surface area contributed by atoms with Gasteiger partial charge >= 0.3 is 0 Å². The zero-order chi connectivity index (χ0) is 17.5. The van der Waals surface area contributed by atoms with Crippen molar-refractivity contribution in [1.82, 2.24) is 4.98 Å². The lowest BCUT2D eigenvalue weighted by atomic mass is 10.1. The predicted molar refractivity (Wildman–Crippen MR) is 95.9 cm³/mol. The van der Waals surface area contributed by atoms with Gasteiger partial charge in [0.2, 0.25) is 0 Å². The number of rotatable bonds is 7. The Morgan fingerprint density at radius 1 is 0.880 bits per heavy atom. The van der Waals surface area contributed by atoms with E-state index >= 15 is 0 Å². The molecule has 3 rings (SSSR count). The molecule has 1 unspecified atom stereocenters. The van der Waals surface area contributed by atoms with Crippen LogP contribution in [0.3, 0.4) is 0 Å². The lowest BCUT2D eigenvalue weighted by Crippen LogP contribution is -2.18. The molecule has 0 aliphatic heterocycles. The fourth-order valence-corrected chi connectivity index (χ4v) is 2.54. The smallest absolute Gasteiger partial charge is 0.123 e. The third kappa shape index (κ3) is 5.13.